The zero-order valence-corrected chi connectivity index (χ0v) is 21.3. The van der Waals surface area contributed by atoms with Gasteiger partial charge in [-0.3, -0.25) is 9.36 Å². The summed E-state index contributed by atoms with van der Waals surface area (Å²) in [6, 6.07) is 5.66. The number of carbonyl (C=O) groups excluding carboxylic acids is 1. The van der Waals surface area contributed by atoms with Crippen molar-refractivity contribution in [3.05, 3.63) is 48.7 Å². The first kappa shape index (κ1) is 24.2. The molecule has 0 aromatic carbocycles. The molecule has 0 spiro atoms. The maximum Gasteiger partial charge on any atom is 0.272 e. The Morgan fingerprint density at radius 1 is 0.947 bits per heavy atom. The molecule has 2 N–H and O–H groups in total. The lowest BCUT2D eigenvalue weighted by atomic mass is 10.2. The second-order valence-electron chi connectivity index (χ2n) is 9.35. The molecule has 12 nitrogen and oxygen atoms in total. The van der Waals surface area contributed by atoms with Gasteiger partial charge in [-0.15, -0.1) is 0 Å². The molecule has 196 valence electrons. The second-order valence-corrected chi connectivity index (χ2v) is 9.35. The van der Waals surface area contributed by atoms with Crippen molar-refractivity contribution < 1.29 is 9.53 Å². The number of likely N-dealkylation sites (N-methyl/N-ethyl adjacent to an activating group) is 1. The first-order valence-electron chi connectivity index (χ1n) is 12.9. The molecule has 6 heterocycles. The summed E-state index contributed by atoms with van der Waals surface area (Å²) in [7, 11) is 0. The van der Waals surface area contributed by atoms with Gasteiger partial charge in [0.15, 0.2) is 5.65 Å². The van der Waals surface area contributed by atoms with Gasteiger partial charge in [-0.1, -0.05) is 6.92 Å². The first-order valence-corrected chi connectivity index (χ1v) is 12.9. The van der Waals surface area contributed by atoms with E-state index in [0.29, 0.717) is 37.9 Å². The van der Waals surface area contributed by atoms with Crippen molar-refractivity contribution in [1.82, 2.24) is 39.3 Å². The number of carbonyl (C=O) groups is 1. The first-order chi connectivity index (χ1) is 18.6. The highest BCUT2D eigenvalue weighted by molar-refractivity contribution is 5.94. The number of morpholine rings is 1. The number of anilines is 2. The maximum atomic E-state index is 13.0. The van der Waals surface area contributed by atoms with Crippen LogP contribution in [-0.4, -0.2) is 104 Å². The van der Waals surface area contributed by atoms with E-state index < -0.39 is 0 Å². The van der Waals surface area contributed by atoms with Gasteiger partial charge in [-0.25, -0.2) is 19.9 Å². The fourth-order valence-corrected chi connectivity index (χ4v) is 4.88. The van der Waals surface area contributed by atoms with Crippen LogP contribution in [-0.2, 0) is 4.74 Å². The van der Waals surface area contributed by atoms with E-state index in [4.69, 9.17) is 20.4 Å². The summed E-state index contributed by atoms with van der Waals surface area (Å²) in [5.74, 6) is 0.781. The minimum Gasteiger partial charge on any atom is -0.378 e. The predicted octanol–water partition coefficient (Wildman–Crippen LogP) is 1.47. The predicted molar refractivity (Wildman–Crippen MR) is 143 cm³/mol. The molecule has 0 aliphatic carbocycles. The Morgan fingerprint density at radius 3 is 2.39 bits per heavy atom. The number of hydrogen-bond donors (Lipinski definition) is 1. The fraction of sp³-hybridized carbons (Fsp3) is 0.385. The molecule has 2 aliphatic heterocycles. The number of nitrogens with two attached hydrogens (primary N) is 1. The Balaban J connectivity index is 1.35. The van der Waals surface area contributed by atoms with Gasteiger partial charge in [-0.05, 0) is 24.7 Å². The van der Waals surface area contributed by atoms with Crippen molar-refractivity contribution in [2.45, 2.75) is 6.92 Å². The molecule has 12 heteroatoms. The van der Waals surface area contributed by atoms with Crippen molar-refractivity contribution in [2.24, 2.45) is 0 Å². The SMILES string of the molecule is CCN1CCN(C(=O)c2ccc(-n3ccc4c(-c5cnc(N)nc5)nc(N5CCOCC5)nc43)cn2)CC1. The van der Waals surface area contributed by atoms with Gasteiger partial charge in [0.2, 0.25) is 11.9 Å². The van der Waals surface area contributed by atoms with Gasteiger partial charge in [0.1, 0.15) is 5.69 Å². The van der Waals surface area contributed by atoms with Crippen LogP contribution in [0, 0.1) is 0 Å². The summed E-state index contributed by atoms with van der Waals surface area (Å²) in [5, 5.41) is 0.851. The summed E-state index contributed by atoms with van der Waals surface area (Å²) in [6.45, 7) is 9.02. The molecule has 2 saturated heterocycles. The van der Waals surface area contributed by atoms with Crippen molar-refractivity contribution >= 4 is 28.8 Å². The number of piperazine rings is 1. The van der Waals surface area contributed by atoms with Gasteiger partial charge < -0.3 is 25.2 Å². The largest absolute Gasteiger partial charge is 0.378 e. The zero-order valence-electron chi connectivity index (χ0n) is 21.3. The molecule has 38 heavy (non-hydrogen) atoms. The summed E-state index contributed by atoms with van der Waals surface area (Å²) < 4.78 is 7.48. The number of ether oxygens (including phenoxy) is 1. The van der Waals surface area contributed by atoms with E-state index in [-0.39, 0.29) is 11.9 Å². The van der Waals surface area contributed by atoms with Gasteiger partial charge in [0.25, 0.3) is 5.91 Å². The summed E-state index contributed by atoms with van der Waals surface area (Å²) in [5.41, 5.74) is 9.17. The molecule has 0 saturated carbocycles. The highest BCUT2D eigenvalue weighted by atomic mass is 16.5. The lowest BCUT2D eigenvalue weighted by molar-refractivity contribution is 0.0637. The highest BCUT2D eigenvalue weighted by Crippen LogP contribution is 2.30. The molecule has 0 radical (unpaired) electrons. The van der Waals surface area contributed by atoms with Crippen molar-refractivity contribution in [2.75, 3.05) is 69.7 Å². The molecule has 0 atom stereocenters. The van der Waals surface area contributed by atoms with Gasteiger partial charge in [-0.2, -0.15) is 4.98 Å². The summed E-state index contributed by atoms with van der Waals surface area (Å²) in [4.78, 5) is 42.0. The van der Waals surface area contributed by atoms with Crippen LogP contribution < -0.4 is 10.6 Å². The smallest absolute Gasteiger partial charge is 0.272 e. The topological polar surface area (TPSA) is 131 Å². The molecular formula is C26H30N10O2. The Morgan fingerprint density at radius 2 is 1.71 bits per heavy atom. The maximum absolute atomic E-state index is 13.0. The van der Waals surface area contributed by atoms with E-state index in [9.17, 15) is 4.79 Å². The molecule has 6 rings (SSSR count). The molecule has 0 unspecified atom stereocenters. The third kappa shape index (κ3) is 4.63. The van der Waals surface area contributed by atoms with Crippen LogP contribution >= 0.6 is 0 Å². The zero-order chi connectivity index (χ0) is 26.1. The van der Waals surface area contributed by atoms with Crippen LogP contribution in [0.5, 0.6) is 0 Å². The van der Waals surface area contributed by atoms with E-state index in [1.54, 1.807) is 24.7 Å². The van der Waals surface area contributed by atoms with Gasteiger partial charge >= 0.3 is 0 Å². The number of aromatic nitrogens is 6. The van der Waals surface area contributed by atoms with Crippen LogP contribution in [0.4, 0.5) is 11.9 Å². The number of rotatable bonds is 5. The molecular weight excluding hydrogens is 484 g/mol. The molecule has 2 aliphatic rings. The van der Waals surface area contributed by atoms with Crippen molar-refractivity contribution in [1.29, 1.82) is 0 Å². The lowest BCUT2D eigenvalue weighted by Gasteiger charge is -2.33. The van der Waals surface area contributed by atoms with E-state index in [0.717, 1.165) is 60.7 Å². The monoisotopic (exact) mass is 514 g/mol. The van der Waals surface area contributed by atoms with Gasteiger partial charge in [0, 0.05) is 68.8 Å². The summed E-state index contributed by atoms with van der Waals surface area (Å²) >= 11 is 0. The normalized spacial score (nSPS) is 16.8. The van der Waals surface area contributed by atoms with Crippen LogP contribution in [0.2, 0.25) is 0 Å². The highest BCUT2D eigenvalue weighted by Gasteiger charge is 2.23. The van der Waals surface area contributed by atoms with Crippen LogP contribution in [0.3, 0.4) is 0 Å². The van der Waals surface area contributed by atoms with Crippen molar-refractivity contribution in [3.63, 3.8) is 0 Å². The fourth-order valence-electron chi connectivity index (χ4n) is 4.88. The van der Waals surface area contributed by atoms with E-state index in [1.807, 2.05) is 27.8 Å². The average molecular weight is 515 g/mol. The third-order valence-electron chi connectivity index (χ3n) is 7.12. The molecule has 4 aromatic rings. The molecule has 2 fully saturated rings. The number of nitrogens with zero attached hydrogens (tertiary/aromatic N) is 9. The van der Waals surface area contributed by atoms with Crippen molar-refractivity contribution in [3.8, 4) is 16.9 Å². The van der Waals surface area contributed by atoms with Crippen LogP contribution in [0.25, 0.3) is 28.0 Å². The number of hydrogen-bond acceptors (Lipinski definition) is 10. The Hall–Kier alpha value is -4.16. The second kappa shape index (κ2) is 10.3. The average Bonchev–Trinajstić information content (AvgIpc) is 3.41. The number of amides is 1. The molecule has 4 aromatic heterocycles. The number of nitrogen functional groups attached to an aromatic ring is 1. The summed E-state index contributed by atoms with van der Waals surface area (Å²) in [6.07, 6.45) is 7.00. The number of fused-ring (bicyclic) bond motifs is 1. The minimum absolute atomic E-state index is 0.0350. The van der Waals surface area contributed by atoms with E-state index >= 15 is 0 Å². The van der Waals surface area contributed by atoms with Gasteiger partial charge in [0.05, 0.1) is 30.8 Å². The minimum atomic E-state index is -0.0350. The molecule has 0 bridgehead atoms. The number of pyridine rings is 1. The Labute approximate surface area is 220 Å². The van der Waals surface area contributed by atoms with Crippen LogP contribution in [0.15, 0.2) is 43.0 Å². The Bertz CT molecular complexity index is 1420. The van der Waals surface area contributed by atoms with E-state index in [1.165, 1.54) is 0 Å². The third-order valence-corrected chi connectivity index (χ3v) is 7.12. The van der Waals surface area contributed by atoms with Crippen LogP contribution in [0.1, 0.15) is 17.4 Å². The molecule has 1 amide bonds. The quantitative estimate of drug-likeness (QED) is 0.418. The standard InChI is InChI=1S/C26H30N10O2/c1-2-33-7-9-34(10-8-33)24(37)21-4-3-19(17-28-21)36-6-5-20-22(18-15-29-25(27)30-16-18)31-26(32-23(20)36)35-11-13-38-14-12-35/h3-6,15-17H,2,7-14H2,1H3,(H2,27,29,30). The van der Waals surface area contributed by atoms with E-state index in [2.05, 4.69) is 31.7 Å². The lowest BCUT2D eigenvalue weighted by Crippen LogP contribution is -2.48. The Kier molecular flexibility index (Phi) is 6.56.